The molecule has 0 spiro atoms. The molecular formula is C15H19ClNO2S+. The average Bonchev–Trinajstić information content (AvgIpc) is 2.46. The summed E-state index contributed by atoms with van der Waals surface area (Å²) in [6.07, 6.45) is 2.17. The number of thioether (sulfide) groups is 1. The number of benzene rings is 1. The minimum absolute atomic E-state index is 0.0916. The fraction of sp³-hybridized carbons (Fsp3) is 0.400. The summed E-state index contributed by atoms with van der Waals surface area (Å²) in [6.45, 7) is 0. The van der Waals surface area contributed by atoms with Crippen molar-refractivity contribution in [3.63, 3.8) is 0 Å². The summed E-state index contributed by atoms with van der Waals surface area (Å²) in [5.74, 6) is 0.526. The maximum absolute atomic E-state index is 11.9. The second kappa shape index (κ2) is 6.66. The standard InChI is InChI=1S/C15H18ClNO2S/c1-17(2)13-8-14(10-4-6-11(16)7-5-10)20-9-12(13)15(18)19-3/h4-8,12-13H,9H2,1-3H3/p+1/t12-,13+/m0/s1. The lowest BCUT2D eigenvalue weighted by Gasteiger charge is -2.30. The number of methoxy groups -OCH3 is 1. The third kappa shape index (κ3) is 3.37. The molecule has 1 aromatic rings. The molecule has 1 aliphatic heterocycles. The van der Waals surface area contributed by atoms with E-state index in [2.05, 4.69) is 20.2 Å². The number of hydrogen-bond donors (Lipinski definition) is 1. The molecule has 3 nitrogen and oxygen atoms in total. The molecule has 5 heteroatoms. The van der Waals surface area contributed by atoms with Crippen LogP contribution in [0.4, 0.5) is 0 Å². The number of quaternary nitrogens is 1. The summed E-state index contributed by atoms with van der Waals surface area (Å²) in [6, 6.07) is 7.95. The highest BCUT2D eigenvalue weighted by Crippen LogP contribution is 2.35. The van der Waals surface area contributed by atoms with Crippen molar-refractivity contribution in [3.8, 4) is 0 Å². The van der Waals surface area contributed by atoms with E-state index in [1.165, 1.54) is 16.9 Å². The SMILES string of the molecule is COC(=O)[C@H]1CSC(c2ccc(Cl)cc2)=C[C@H]1[NH+](C)C. The highest BCUT2D eigenvalue weighted by molar-refractivity contribution is 8.08. The summed E-state index contributed by atoms with van der Waals surface area (Å²) < 4.78 is 4.91. The van der Waals surface area contributed by atoms with Crippen molar-refractivity contribution in [1.82, 2.24) is 0 Å². The number of likely N-dealkylation sites (N-methyl/N-ethyl adjacent to an activating group) is 1. The van der Waals surface area contributed by atoms with Crippen molar-refractivity contribution in [2.24, 2.45) is 5.92 Å². The van der Waals surface area contributed by atoms with E-state index >= 15 is 0 Å². The number of carbonyl (C=O) groups is 1. The average molecular weight is 313 g/mol. The summed E-state index contributed by atoms with van der Waals surface area (Å²) in [5, 5.41) is 0.734. The van der Waals surface area contributed by atoms with Crippen LogP contribution < -0.4 is 4.90 Å². The van der Waals surface area contributed by atoms with Gasteiger partial charge in [-0.3, -0.25) is 4.79 Å². The number of halogens is 1. The van der Waals surface area contributed by atoms with Crippen LogP contribution in [0.3, 0.4) is 0 Å². The Morgan fingerprint density at radius 1 is 1.35 bits per heavy atom. The molecule has 0 aliphatic carbocycles. The first-order chi connectivity index (χ1) is 9.52. The van der Waals surface area contributed by atoms with Crippen LogP contribution in [0.5, 0.6) is 0 Å². The Kier molecular flexibility index (Phi) is 5.13. The smallest absolute Gasteiger partial charge is 0.315 e. The van der Waals surface area contributed by atoms with Gasteiger partial charge in [-0.1, -0.05) is 23.7 Å². The van der Waals surface area contributed by atoms with Crippen molar-refractivity contribution in [2.45, 2.75) is 6.04 Å². The van der Waals surface area contributed by atoms with Gasteiger partial charge >= 0.3 is 5.97 Å². The molecular weight excluding hydrogens is 294 g/mol. The van der Waals surface area contributed by atoms with E-state index in [1.54, 1.807) is 11.8 Å². The van der Waals surface area contributed by atoms with Gasteiger partial charge in [0.05, 0.1) is 21.2 Å². The molecule has 1 aromatic carbocycles. The minimum atomic E-state index is -0.130. The van der Waals surface area contributed by atoms with E-state index in [9.17, 15) is 4.79 Å². The van der Waals surface area contributed by atoms with Crippen molar-refractivity contribution in [3.05, 3.63) is 40.9 Å². The highest BCUT2D eigenvalue weighted by atomic mass is 35.5. The van der Waals surface area contributed by atoms with Gasteiger partial charge in [0.25, 0.3) is 0 Å². The van der Waals surface area contributed by atoms with Gasteiger partial charge in [0.15, 0.2) is 0 Å². The van der Waals surface area contributed by atoms with Crippen LogP contribution in [0.25, 0.3) is 4.91 Å². The Balaban J connectivity index is 2.28. The Bertz CT molecular complexity index is 513. The van der Waals surface area contributed by atoms with Gasteiger partial charge < -0.3 is 9.64 Å². The zero-order chi connectivity index (χ0) is 14.7. The highest BCUT2D eigenvalue weighted by Gasteiger charge is 2.36. The van der Waals surface area contributed by atoms with Gasteiger partial charge in [0.1, 0.15) is 12.0 Å². The molecule has 0 radical (unpaired) electrons. The van der Waals surface area contributed by atoms with Crippen molar-refractivity contribution in [1.29, 1.82) is 0 Å². The third-order valence-corrected chi connectivity index (χ3v) is 4.94. The molecule has 0 fully saturated rings. The maximum atomic E-state index is 11.9. The molecule has 1 heterocycles. The normalized spacial score (nSPS) is 22.6. The van der Waals surface area contributed by atoms with Gasteiger partial charge in [-0.25, -0.2) is 0 Å². The molecule has 2 atom stereocenters. The first-order valence-corrected chi connectivity index (χ1v) is 7.87. The summed E-state index contributed by atoms with van der Waals surface area (Å²) in [4.78, 5) is 14.3. The quantitative estimate of drug-likeness (QED) is 0.862. The zero-order valence-corrected chi connectivity index (χ0v) is 13.4. The largest absolute Gasteiger partial charge is 0.469 e. The molecule has 1 aliphatic rings. The van der Waals surface area contributed by atoms with E-state index in [-0.39, 0.29) is 17.9 Å². The van der Waals surface area contributed by atoms with E-state index in [1.807, 2.05) is 24.3 Å². The Morgan fingerprint density at radius 3 is 2.55 bits per heavy atom. The van der Waals surface area contributed by atoms with Gasteiger partial charge in [-0.05, 0) is 23.8 Å². The van der Waals surface area contributed by atoms with Gasteiger partial charge in [-0.2, -0.15) is 0 Å². The number of hydrogen-bond acceptors (Lipinski definition) is 3. The van der Waals surface area contributed by atoms with Crippen LogP contribution in [0.1, 0.15) is 5.56 Å². The fourth-order valence-corrected chi connectivity index (χ4v) is 3.71. The number of ether oxygens (including phenoxy) is 1. The molecule has 0 saturated heterocycles. The maximum Gasteiger partial charge on any atom is 0.315 e. The van der Waals surface area contributed by atoms with E-state index < -0.39 is 0 Å². The van der Waals surface area contributed by atoms with Crippen LogP contribution in [-0.2, 0) is 9.53 Å². The molecule has 108 valence electrons. The predicted molar refractivity (Wildman–Crippen MR) is 84.0 cm³/mol. The fourth-order valence-electron chi connectivity index (χ4n) is 2.34. The summed E-state index contributed by atoms with van der Waals surface area (Å²) >= 11 is 7.62. The molecule has 1 N–H and O–H groups in total. The molecule has 0 unspecified atom stereocenters. The lowest BCUT2D eigenvalue weighted by Crippen LogP contribution is -3.11. The van der Waals surface area contributed by atoms with E-state index in [0.717, 1.165) is 16.3 Å². The van der Waals surface area contributed by atoms with Crippen LogP contribution in [0.15, 0.2) is 30.3 Å². The topological polar surface area (TPSA) is 30.7 Å². The Labute approximate surface area is 128 Å². The van der Waals surface area contributed by atoms with Crippen LogP contribution in [-0.4, -0.2) is 39.0 Å². The second-order valence-corrected chi connectivity index (χ2v) is 6.58. The molecule has 0 amide bonds. The molecule has 2 rings (SSSR count). The number of rotatable bonds is 3. The van der Waals surface area contributed by atoms with Crippen molar-refractivity contribution >= 4 is 34.2 Å². The van der Waals surface area contributed by atoms with Gasteiger partial charge in [-0.15, -0.1) is 11.8 Å². The predicted octanol–water partition coefficient (Wildman–Crippen LogP) is 1.73. The van der Waals surface area contributed by atoms with E-state index in [0.29, 0.717) is 0 Å². The van der Waals surface area contributed by atoms with Crippen molar-refractivity contribution in [2.75, 3.05) is 27.0 Å². The first-order valence-electron chi connectivity index (χ1n) is 6.51. The number of nitrogens with one attached hydrogen (secondary N) is 1. The molecule has 0 bridgehead atoms. The van der Waals surface area contributed by atoms with Gasteiger partial charge in [0.2, 0.25) is 0 Å². The number of carbonyl (C=O) groups excluding carboxylic acids is 1. The Morgan fingerprint density at radius 2 is 2.00 bits per heavy atom. The van der Waals surface area contributed by atoms with Crippen LogP contribution >= 0.6 is 23.4 Å². The lowest BCUT2D eigenvalue weighted by atomic mass is 9.98. The molecule has 0 saturated carbocycles. The third-order valence-electron chi connectivity index (χ3n) is 3.48. The van der Waals surface area contributed by atoms with Crippen LogP contribution in [0.2, 0.25) is 5.02 Å². The first kappa shape index (κ1) is 15.4. The minimum Gasteiger partial charge on any atom is -0.469 e. The van der Waals surface area contributed by atoms with Crippen LogP contribution in [0, 0.1) is 5.92 Å². The lowest BCUT2D eigenvalue weighted by molar-refractivity contribution is -0.881. The summed E-state index contributed by atoms with van der Waals surface area (Å²) in [7, 11) is 5.58. The van der Waals surface area contributed by atoms with E-state index in [4.69, 9.17) is 16.3 Å². The summed E-state index contributed by atoms with van der Waals surface area (Å²) in [5.41, 5.74) is 1.15. The second-order valence-electron chi connectivity index (χ2n) is 5.08. The molecule has 20 heavy (non-hydrogen) atoms. The van der Waals surface area contributed by atoms with Gasteiger partial charge in [0, 0.05) is 15.7 Å². The Hall–Kier alpha value is -0.970. The molecule has 0 aromatic heterocycles. The number of esters is 1. The van der Waals surface area contributed by atoms with Crippen molar-refractivity contribution < 1.29 is 14.4 Å². The monoisotopic (exact) mass is 312 g/mol. The zero-order valence-electron chi connectivity index (χ0n) is 11.9.